The molecule has 4 aromatic rings. The summed E-state index contributed by atoms with van der Waals surface area (Å²) in [5, 5.41) is 8.18. The van der Waals surface area contributed by atoms with Crippen molar-refractivity contribution in [3.8, 4) is 10.4 Å². The van der Waals surface area contributed by atoms with Crippen molar-refractivity contribution in [3.63, 3.8) is 0 Å². The number of esters is 1. The van der Waals surface area contributed by atoms with Crippen molar-refractivity contribution >= 4 is 51.0 Å². The van der Waals surface area contributed by atoms with E-state index in [1.165, 1.54) is 29.0 Å². The molecular weight excluding hydrogens is 458 g/mol. The van der Waals surface area contributed by atoms with Gasteiger partial charge in [-0.2, -0.15) is 5.10 Å². The van der Waals surface area contributed by atoms with E-state index >= 15 is 0 Å². The van der Waals surface area contributed by atoms with Crippen LogP contribution in [-0.4, -0.2) is 43.5 Å². The maximum Gasteiger partial charge on any atom is 0.343 e. The summed E-state index contributed by atoms with van der Waals surface area (Å²) in [6, 6.07) is 12.2. The SMILES string of the molecule is CCOC(=O)c1cnn(C)c1NC(=O)C(CC)Sc1ncnc2sc(-c3ccccc3)cc12. The Morgan fingerprint density at radius 1 is 1.21 bits per heavy atom. The third kappa shape index (κ3) is 4.91. The Bertz CT molecular complexity index is 1290. The third-order valence-electron chi connectivity index (χ3n) is 4.94. The average molecular weight is 482 g/mol. The number of benzene rings is 1. The Labute approximate surface area is 199 Å². The minimum Gasteiger partial charge on any atom is -0.462 e. The molecule has 4 rings (SSSR count). The molecule has 1 amide bonds. The van der Waals surface area contributed by atoms with E-state index in [1.807, 2.05) is 25.1 Å². The van der Waals surface area contributed by atoms with Crippen LogP contribution in [0.3, 0.4) is 0 Å². The molecule has 0 aliphatic heterocycles. The Hall–Kier alpha value is -3.24. The number of fused-ring (bicyclic) bond motifs is 1. The normalized spacial score (nSPS) is 12.0. The summed E-state index contributed by atoms with van der Waals surface area (Å²) in [5.74, 6) is -0.444. The van der Waals surface area contributed by atoms with E-state index < -0.39 is 11.2 Å². The maximum atomic E-state index is 13.1. The zero-order chi connectivity index (χ0) is 23.4. The van der Waals surface area contributed by atoms with E-state index in [2.05, 4.69) is 38.6 Å². The number of hydrogen-bond donors (Lipinski definition) is 1. The number of hydrogen-bond acceptors (Lipinski definition) is 8. The molecule has 0 saturated carbocycles. The fourth-order valence-corrected chi connectivity index (χ4v) is 5.33. The number of amides is 1. The first-order chi connectivity index (χ1) is 16.0. The lowest BCUT2D eigenvalue weighted by molar-refractivity contribution is -0.115. The Morgan fingerprint density at radius 3 is 2.73 bits per heavy atom. The van der Waals surface area contributed by atoms with Crippen molar-refractivity contribution in [1.29, 1.82) is 0 Å². The maximum absolute atomic E-state index is 13.1. The average Bonchev–Trinajstić information content (AvgIpc) is 3.42. The molecule has 33 heavy (non-hydrogen) atoms. The van der Waals surface area contributed by atoms with Crippen molar-refractivity contribution in [2.45, 2.75) is 30.5 Å². The van der Waals surface area contributed by atoms with E-state index in [-0.39, 0.29) is 18.1 Å². The van der Waals surface area contributed by atoms with E-state index in [9.17, 15) is 9.59 Å². The van der Waals surface area contributed by atoms with Gasteiger partial charge in [0.15, 0.2) is 0 Å². The van der Waals surface area contributed by atoms with Crippen LogP contribution in [0.25, 0.3) is 20.7 Å². The summed E-state index contributed by atoms with van der Waals surface area (Å²) in [7, 11) is 1.66. The quantitative estimate of drug-likeness (QED) is 0.220. The Balaban J connectivity index is 1.57. The van der Waals surface area contributed by atoms with Gasteiger partial charge in [-0.15, -0.1) is 11.3 Å². The number of nitrogens with zero attached hydrogens (tertiary/aromatic N) is 4. The number of nitrogens with one attached hydrogen (secondary N) is 1. The molecule has 0 saturated heterocycles. The predicted molar refractivity (Wildman–Crippen MR) is 131 cm³/mol. The second kappa shape index (κ2) is 10.1. The fraction of sp³-hybridized carbons (Fsp3) is 0.261. The van der Waals surface area contributed by atoms with Crippen molar-refractivity contribution < 1.29 is 14.3 Å². The molecule has 1 aromatic carbocycles. The van der Waals surface area contributed by atoms with Crippen LogP contribution < -0.4 is 5.32 Å². The molecular formula is C23H23N5O3S2. The van der Waals surface area contributed by atoms with Crippen LogP contribution in [0.15, 0.2) is 53.9 Å². The molecule has 1 N–H and O–H groups in total. The predicted octanol–water partition coefficient (Wildman–Crippen LogP) is 4.78. The van der Waals surface area contributed by atoms with Crippen LogP contribution in [-0.2, 0) is 16.6 Å². The first-order valence-electron chi connectivity index (χ1n) is 10.5. The first kappa shape index (κ1) is 22.9. The van der Waals surface area contributed by atoms with Gasteiger partial charge in [-0.3, -0.25) is 9.48 Å². The van der Waals surface area contributed by atoms with Crippen molar-refractivity contribution in [3.05, 3.63) is 54.5 Å². The number of thiophene rings is 1. The van der Waals surface area contributed by atoms with Gasteiger partial charge in [-0.05, 0) is 25.0 Å². The lowest BCUT2D eigenvalue weighted by Crippen LogP contribution is -2.27. The van der Waals surface area contributed by atoms with E-state index in [0.717, 1.165) is 25.7 Å². The smallest absolute Gasteiger partial charge is 0.343 e. The van der Waals surface area contributed by atoms with Gasteiger partial charge in [0, 0.05) is 17.3 Å². The summed E-state index contributed by atoms with van der Waals surface area (Å²) in [4.78, 5) is 36.2. The molecule has 1 atom stereocenters. The van der Waals surface area contributed by atoms with Gasteiger partial charge < -0.3 is 10.1 Å². The molecule has 3 aromatic heterocycles. The summed E-state index contributed by atoms with van der Waals surface area (Å²) in [6.45, 7) is 3.91. The minimum absolute atomic E-state index is 0.224. The largest absolute Gasteiger partial charge is 0.462 e. The zero-order valence-corrected chi connectivity index (χ0v) is 20.1. The number of ether oxygens (including phenoxy) is 1. The number of thioether (sulfide) groups is 1. The highest BCUT2D eigenvalue weighted by molar-refractivity contribution is 8.00. The number of carbonyl (C=O) groups is 2. The lowest BCUT2D eigenvalue weighted by Gasteiger charge is -2.15. The van der Waals surface area contributed by atoms with Crippen molar-refractivity contribution in [2.75, 3.05) is 11.9 Å². The highest BCUT2D eigenvalue weighted by atomic mass is 32.2. The molecule has 0 aliphatic rings. The van der Waals surface area contributed by atoms with Crippen LogP contribution in [0.1, 0.15) is 30.6 Å². The van der Waals surface area contributed by atoms with Crippen LogP contribution in [0.2, 0.25) is 0 Å². The number of anilines is 1. The van der Waals surface area contributed by atoms with Gasteiger partial charge >= 0.3 is 5.97 Å². The second-order valence-corrected chi connectivity index (χ2v) is 9.35. The molecule has 8 nitrogen and oxygen atoms in total. The summed E-state index contributed by atoms with van der Waals surface area (Å²) < 4.78 is 6.52. The van der Waals surface area contributed by atoms with Crippen LogP contribution in [0.4, 0.5) is 5.82 Å². The second-order valence-electron chi connectivity index (χ2n) is 7.13. The monoisotopic (exact) mass is 481 g/mol. The standard InChI is InChI=1S/C23H23N5O3S2/c1-4-17(20(29)27-19-16(12-26-28(19)3)23(30)31-5-2)32-21-15-11-18(14-9-7-6-8-10-14)33-22(15)25-13-24-21/h6-13,17H,4-5H2,1-3H3,(H,27,29). The van der Waals surface area contributed by atoms with Gasteiger partial charge in [0.05, 0.1) is 18.1 Å². The summed E-state index contributed by atoms with van der Waals surface area (Å²) >= 11 is 2.98. The van der Waals surface area contributed by atoms with Gasteiger partial charge in [-0.25, -0.2) is 14.8 Å². The Kier molecular flexibility index (Phi) is 7.05. The van der Waals surface area contributed by atoms with Crippen molar-refractivity contribution in [2.24, 2.45) is 7.05 Å². The fourth-order valence-electron chi connectivity index (χ4n) is 3.27. The molecule has 0 radical (unpaired) electrons. The van der Waals surface area contributed by atoms with E-state index in [1.54, 1.807) is 25.3 Å². The molecule has 170 valence electrons. The number of carbonyl (C=O) groups excluding carboxylic acids is 2. The van der Waals surface area contributed by atoms with Crippen LogP contribution in [0, 0.1) is 0 Å². The van der Waals surface area contributed by atoms with E-state index in [0.29, 0.717) is 12.2 Å². The number of aromatic nitrogens is 4. The van der Waals surface area contributed by atoms with Gasteiger partial charge in [0.1, 0.15) is 27.6 Å². The molecule has 1 unspecified atom stereocenters. The molecule has 0 bridgehead atoms. The van der Waals surface area contributed by atoms with Crippen LogP contribution in [0.5, 0.6) is 0 Å². The summed E-state index contributed by atoms with van der Waals surface area (Å²) in [5.41, 5.74) is 1.34. The molecule has 10 heteroatoms. The topological polar surface area (TPSA) is 99.0 Å². The van der Waals surface area contributed by atoms with Crippen LogP contribution >= 0.6 is 23.1 Å². The highest BCUT2D eigenvalue weighted by Gasteiger charge is 2.25. The number of aryl methyl sites for hydroxylation is 1. The zero-order valence-electron chi connectivity index (χ0n) is 18.4. The summed E-state index contributed by atoms with van der Waals surface area (Å²) in [6.07, 6.45) is 3.50. The Morgan fingerprint density at radius 2 is 2.00 bits per heavy atom. The molecule has 0 spiro atoms. The lowest BCUT2D eigenvalue weighted by atomic mass is 10.2. The first-order valence-corrected chi connectivity index (χ1v) is 12.2. The van der Waals surface area contributed by atoms with Crippen molar-refractivity contribution in [1.82, 2.24) is 19.7 Å². The van der Waals surface area contributed by atoms with Gasteiger partial charge in [0.2, 0.25) is 5.91 Å². The molecule has 3 heterocycles. The van der Waals surface area contributed by atoms with Gasteiger partial charge in [-0.1, -0.05) is 49.0 Å². The van der Waals surface area contributed by atoms with Gasteiger partial charge in [0.25, 0.3) is 0 Å². The minimum atomic E-state index is -0.522. The number of rotatable bonds is 8. The highest BCUT2D eigenvalue weighted by Crippen LogP contribution is 2.37. The van der Waals surface area contributed by atoms with E-state index in [4.69, 9.17) is 4.74 Å². The molecule has 0 fully saturated rings. The molecule has 0 aliphatic carbocycles. The third-order valence-corrected chi connectivity index (χ3v) is 7.42.